The van der Waals surface area contributed by atoms with Gasteiger partial charge in [-0.15, -0.1) is 0 Å². The van der Waals surface area contributed by atoms with Crippen LogP contribution in [-0.4, -0.2) is 12.4 Å². The van der Waals surface area contributed by atoms with Crippen LogP contribution in [-0.2, 0) is 17.6 Å². The number of carbonyl (C=O) groups is 1. The first kappa shape index (κ1) is 14.1. The van der Waals surface area contributed by atoms with Crippen LogP contribution < -0.4 is 10.5 Å². The smallest absolute Gasteiger partial charge is 0.158 e. The Morgan fingerprint density at radius 3 is 2.81 bits per heavy atom. The minimum absolute atomic E-state index is 0.0406. The first-order chi connectivity index (χ1) is 10.1. The van der Waals surface area contributed by atoms with Gasteiger partial charge < -0.3 is 10.5 Å². The van der Waals surface area contributed by atoms with Crippen molar-refractivity contribution in [1.82, 2.24) is 0 Å². The molecule has 0 amide bonds. The fraction of sp³-hybridized carbons (Fsp3) is 0.235. The van der Waals surface area contributed by atoms with Crippen LogP contribution in [0.15, 0.2) is 42.5 Å². The van der Waals surface area contributed by atoms with Gasteiger partial charge >= 0.3 is 0 Å². The number of hydrogen-bond acceptors (Lipinski definition) is 3. The highest BCUT2D eigenvalue weighted by atomic mass is 35.5. The van der Waals surface area contributed by atoms with E-state index in [4.69, 9.17) is 22.1 Å². The normalized spacial score (nSPS) is 14.4. The van der Waals surface area contributed by atoms with Crippen molar-refractivity contribution in [2.24, 2.45) is 5.73 Å². The SMILES string of the molecule is NC(C(=O)Cc1cc(Cl)cc2c1OCC2)c1ccccc1. The average molecular weight is 302 g/mol. The molecule has 3 rings (SSSR count). The summed E-state index contributed by atoms with van der Waals surface area (Å²) in [5.74, 6) is 0.758. The Morgan fingerprint density at radius 1 is 1.29 bits per heavy atom. The van der Waals surface area contributed by atoms with Gasteiger partial charge in [-0.3, -0.25) is 4.79 Å². The van der Waals surface area contributed by atoms with Crippen molar-refractivity contribution < 1.29 is 9.53 Å². The molecule has 0 fully saturated rings. The lowest BCUT2D eigenvalue weighted by Gasteiger charge is -2.13. The molecule has 0 bridgehead atoms. The first-order valence-corrected chi connectivity index (χ1v) is 7.30. The van der Waals surface area contributed by atoms with E-state index in [0.717, 1.165) is 28.9 Å². The minimum Gasteiger partial charge on any atom is -0.493 e. The van der Waals surface area contributed by atoms with Crippen LogP contribution in [0.4, 0.5) is 0 Å². The zero-order valence-corrected chi connectivity index (χ0v) is 12.3. The number of ketones is 1. The van der Waals surface area contributed by atoms with Crippen LogP contribution >= 0.6 is 11.6 Å². The first-order valence-electron chi connectivity index (χ1n) is 6.92. The molecule has 1 aliphatic rings. The van der Waals surface area contributed by atoms with Gasteiger partial charge in [0.2, 0.25) is 0 Å². The topological polar surface area (TPSA) is 52.3 Å². The number of rotatable bonds is 4. The Bertz CT molecular complexity index is 670. The summed E-state index contributed by atoms with van der Waals surface area (Å²) in [5, 5.41) is 0.635. The van der Waals surface area contributed by atoms with Gasteiger partial charge in [0.25, 0.3) is 0 Å². The molecule has 0 aliphatic carbocycles. The number of halogens is 1. The van der Waals surface area contributed by atoms with Gasteiger partial charge in [0.15, 0.2) is 5.78 Å². The van der Waals surface area contributed by atoms with Gasteiger partial charge in [-0.25, -0.2) is 0 Å². The molecule has 0 aromatic heterocycles. The third-order valence-electron chi connectivity index (χ3n) is 3.70. The van der Waals surface area contributed by atoms with Gasteiger partial charge in [0, 0.05) is 23.4 Å². The van der Waals surface area contributed by atoms with Crippen LogP contribution in [0.5, 0.6) is 5.75 Å². The van der Waals surface area contributed by atoms with E-state index in [0.29, 0.717) is 11.6 Å². The summed E-state index contributed by atoms with van der Waals surface area (Å²) in [5.41, 5.74) is 8.76. The van der Waals surface area contributed by atoms with Crippen LogP contribution in [0, 0.1) is 0 Å². The summed E-state index contributed by atoms with van der Waals surface area (Å²) in [6.45, 7) is 0.640. The molecule has 2 aromatic rings. The maximum Gasteiger partial charge on any atom is 0.158 e. The molecule has 1 unspecified atom stereocenters. The van der Waals surface area contributed by atoms with E-state index in [1.165, 1.54) is 0 Å². The Balaban J connectivity index is 1.83. The van der Waals surface area contributed by atoms with E-state index < -0.39 is 6.04 Å². The van der Waals surface area contributed by atoms with Gasteiger partial charge in [-0.1, -0.05) is 41.9 Å². The number of Topliss-reactive ketones (excluding diaryl/α,β-unsaturated/α-hetero) is 1. The molecule has 0 spiro atoms. The van der Waals surface area contributed by atoms with Crippen LogP contribution in [0.1, 0.15) is 22.7 Å². The van der Waals surface area contributed by atoms with Crippen molar-refractivity contribution in [2.45, 2.75) is 18.9 Å². The molecule has 108 valence electrons. The molecule has 0 saturated carbocycles. The highest BCUT2D eigenvalue weighted by molar-refractivity contribution is 6.30. The number of benzene rings is 2. The van der Waals surface area contributed by atoms with Crippen LogP contribution in [0.25, 0.3) is 0 Å². The molecular formula is C17H16ClNO2. The summed E-state index contributed by atoms with van der Waals surface area (Å²) in [6, 6.07) is 12.4. The quantitative estimate of drug-likeness (QED) is 0.944. The Labute approximate surface area is 128 Å². The number of hydrogen-bond donors (Lipinski definition) is 1. The van der Waals surface area contributed by atoms with E-state index in [9.17, 15) is 4.79 Å². The molecule has 2 aromatic carbocycles. The maximum absolute atomic E-state index is 12.4. The Hall–Kier alpha value is -1.84. The standard InChI is InChI=1S/C17H16ClNO2/c18-14-8-12-6-7-21-17(12)13(9-14)10-15(20)16(19)11-4-2-1-3-5-11/h1-5,8-9,16H,6-7,10,19H2. The van der Waals surface area contributed by atoms with E-state index in [1.54, 1.807) is 6.07 Å². The second-order valence-electron chi connectivity index (χ2n) is 5.18. The fourth-order valence-electron chi connectivity index (χ4n) is 2.62. The number of nitrogens with two attached hydrogens (primary N) is 1. The number of carbonyl (C=O) groups excluding carboxylic acids is 1. The molecule has 1 atom stereocenters. The van der Waals surface area contributed by atoms with Crippen molar-refractivity contribution in [2.75, 3.05) is 6.61 Å². The zero-order valence-electron chi connectivity index (χ0n) is 11.5. The molecule has 1 aliphatic heterocycles. The van der Waals surface area contributed by atoms with Gasteiger partial charge in [0.1, 0.15) is 5.75 Å². The van der Waals surface area contributed by atoms with Gasteiger partial charge in [-0.05, 0) is 23.3 Å². The molecule has 3 nitrogen and oxygen atoms in total. The molecule has 0 saturated heterocycles. The monoisotopic (exact) mass is 301 g/mol. The van der Waals surface area contributed by atoms with E-state index in [-0.39, 0.29) is 12.2 Å². The minimum atomic E-state index is -0.623. The molecule has 4 heteroatoms. The van der Waals surface area contributed by atoms with Crippen molar-refractivity contribution in [1.29, 1.82) is 0 Å². The predicted octanol–water partition coefficient (Wildman–Crippen LogP) is 3.09. The molecule has 0 radical (unpaired) electrons. The van der Waals surface area contributed by atoms with Crippen molar-refractivity contribution in [3.05, 3.63) is 64.2 Å². The summed E-state index contributed by atoms with van der Waals surface area (Å²) >= 11 is 6.11. The largest absolute Gasteiger partial charge is 0.493 e. The number of fused-ring (bicyclic) bond motifs is 1. The average Bonchev–Trinajstić information content (AvgIpc) is 2.95. The lowest BCUT2D eigenvalue weighted by atomic mass is 9.97. The van der Waals surface area contributed by atoms with Crippen molar-refractivity contribution >= 4 is 17.4 Å². The highest BCUT2D eigenvalue weighted by Gasteiger charge is 2.22. The van der Waals surface area contributed by atoms with Gasteiger partial charge in [0.05, 0.1) is 12.6 Å². The van der Waals surface area contributed by atoms with Crippen LogP contribution in [0.2, 0.25) is 5.02 Å². The zero-order chi connectivity index (χ0) is 14.8. The third-order valence-corrected chi connectivity index (χ3v) is 3.91. The van der Waals surface area contributed by atoms with Crippen molar-refractivity contribution in [3.8, 4) is 5.75 Å². The van der Waals surface area contributed by atoms with E-state index in [2.05, 4.69) is 0 Å². The lowest BCUT2D eigenvalue weighted by molar-refractivity contribution is -0.119. The summed E-state index contributed by atoms with van der Waals surface area (Å²) in [7, 11) is 0. The molecular weight excluding hydrogens is 286 g/mol. The summed E-state index contributed by atoms with van der Waals surface area (Å²) in [4.78, 5) is 12.4. The maximum atomic E-state index is 12.4. The molecule has 2 N–H and O–H groups in total. The predicted molar refractivity (Wildman–Crippen MR) is 82.7 cm³/mol. The summed E-state index contributed by atoms with van der Waals surface area (Å²) in [6.07, 6.45) is 1.07. The summed E-state index contributed by atoms with van der Waals surface area (Å²) < 4.78 is 5.62. The lowest BCUT2D eigenvalue weighted by Crippen LogP contribution is -2.23. The molecule has 21 heavy (non-hydrogen) atoms. The molecule has 1 heterocycles. The third kappa shape index (κ3) is 2.94. The van der Waals surface area contributed by atoms with E-state index >= 15 is 0 Å². The Morgan fingerprint density at radius 2 is 2.05 bits per heavy atom. The number of ether oxygens (including phenoxy) is 1. The van der Waals surface area contributed by atoms with Gasteiger partial charge in [-0.2, -0.15) is 0 Å². The highest BCUT2D eigenvalue weighted by Crippen LogP contribution is 2.33. The second kappa shape index (κ2) is 5.88. The van der Waals surface area contributed by atoms with Crippen LogP contribution in [0.3, 0.4) is 0 Å². The van der Waals surface area contributed by atoms with Crippen molar-refractivity contribution in [3.63, 3.8) is 0 Å². The second-order valence-corrected chi connectivity index (χ2v) is 5.62. The fourth-order valence-corrected chi connectivity index (χ4v) is 2.88. The Kier molecular flexibility index (Phi) is 3.95. The van der Waals surface area contributed by atoms with E-state index in [1.807, 2.05) is 36.4 Å².